The summed E-state index contributed by atoms with van der Waals surface area (Å²) in [6.45, 7) is 0.763. The van der Waals surface area contributed by atoms with Crippen molar-refractivity contribution in [2.75, 3.05) is 6.61 Å². The standard InChI is InChI=1S/C5H8Cl3NO3/c1-3(5(6,7)8)4(2-10)9(11)12/h3-4,10H,2H2,1H3. The molecule has 0 spiro atoms. The third-order valence-electron chi connectivity index (χ3n) is 1.55. The molecule has 0 aromatic carbocycles. The largest absolute Gasteiger partial charge is 0.389 e. The summed E-state index contributed by atoms with van der Waals surface area (Å²) in [6.07, 6.45) is 0. The SMILES string of the molecule is CC(C(CO)[N+](=O)[O-])C(Cl)(Cl)Cl. The monoisotopic (exact) mass is 235 g/mol. The molecule has 7 heteroatoms. The van der Waals surface area contributed by atoms with Crippen LogP contribution in [0.15, 0.2) is 0 Å². The average molecular weight is 236 g/mol. The minimum Gasteiger partial charge on any atom is -0.389 e. The zero-order valence-electron chi connectivity index (χ0n) is 6.21. The van der Waals surface area contributed by atoms with Gasteiger partial charge in [-0.2, -0.15) is 0 Å². The molecule has 0 heterocycles. The molecule has 0 saturated heterocycles. The van der Waals surface area contributed by atoms with E-state index in [0.29, 0.717) is 0 Å². The molecule has 2 atom stereocenters. The van der Waals surface area contributed by atoms with Crippen LogP contribution in [0.5, 0.6) is 0 Å². The van der Waals surface area contributed by atoms with Crippen molar-refractivity contribution in [1.29, 1.82) is 0 Å². The van der Waals surface area contributed by atoms with Crippen molar-refractivity contribution < 1.29 is 10.0 Å². The first-order chi connectivity index (χ1) is 5.30. The highest BCUT2D eigenvalue weighted by atomic mass is 35.6. The van der Waals surface area contributed by atoms with Crippen LogP contribution in [0, 0.1) is 16.0 Å². The number of halogens is 3. The molecule has 0 radical (unpaired) electrons. The molecule has 0 rings (SSSR count). The number of nitro groups is 1. The fourth-order valence-electron chi connectivity index (χ4n) is 0.626. The number of hydrogen-bond donors (Lipinski definition) is 1. The van der Waals surface area contributed by atoms with Crippen LogP contribution in [-0.4, -0.2) is 26.5 Å². The smallest absolute Gasteiger partial charge is 0.242 e. The highest BCUT2D eigenvalue weighted by Gasteiger charge is 2.41. The lowest BCUT2D eigenvalue weighted by molar-refractivity contribution is -0.534. The van der Waals surface area contributed by atoms with Crippen LogP contribution >= 0.6 is 34.8 Å². The number of hydrogen-bond acceptors (Lipinski definition) is 3. The molecule has 72 valence electrons. The van der Waals surface area contributed by atoms with E-state index < -0.39 is 27.3 Å². The van der Waals surface area contributed by atoms with E-state index in [-0.39, 0.29) is 0 Å². The topological polar surface area (TPSA) is 63.4 Å². The van der Waals surface area contributed by atoms with Crippen molar-refractivity contribution in [3.8, 4) is 0 Å². The van der Waals surface area contributed by atoms with Gasteiger partial charge in [-0.3, -0.25) is 10.1 Å². The number of aliphatic hydroxyl groups is 1. The Morgan fingerprint density at radius 1 is 1.58 bits per heavy atom. The van der Waals surface area contributed by atoms with Gasteiger partial charge in [-0.15, -0.1) is 0 Å². The number of alkyl halides is 3. The maximum Gasteiger partial charge on any atom is 0.242 e. The van der Waals surface area contributed by atoms with Crippen LogP contribution < -0.4 is 0 Å². The summed E-state index contributed by atoms with van der Waals surface area (Å²) in [7, 11) is 0. The third-order valence-corrected chi connectivity index (χ3v) is 2.58. The van der Waals surface area contributed by atoms with E-state index in [1.807, 2.05) is 0 Å². The Hall–Kier alpha value is 0.230. The molecule has 0 aliphatic heterocycles. The summed E-state index contributed by atoms with van der Waals surface area (Å²) >= 11 is 16.2. The molecule has 0 aromatic heterocycles. The van der Waals surface area contributed by atoms with Crippen molar-refractivity contribution in [3.05, 3.63) is 10.1 Å². The van der Waals surface area contributed by atoms with Crippen LogP contribution in [0.25, 0.3) is 0 Å². The van der Waals surface area contributed by atoms with Crippen molar-refractivity contribution in [3.63, 3.8) is 0 Å². The van der Waals surface area contributed by atoms with Gasteiger partial charge in [0, 0.05) is 4.92 Å². The number of rotatable bonds is 3. The predicted molar refractivity (Wildman–Crippen MR) is 47.3 cm³/mol. The summed E-state index contributed by atoms with van der Waals surface area (Å²) in [5.41, 5.74) is 0. The predicted octanol–water partition coefficient (Wildman–Crippen LogP) is 1.63. The number of aliphatic hydroxyl groups excluding tert-OH is 1. The quantitative estimate of drug-likeness (QED) is 0.460. The maximum atomic E-state index is 10.3. The first kappa shape index (κ1) is 12.2. The van der Waals surface area contributed by atoms with E-state index in [0.717, 1.165) is 0 Å². The van der Waals surface area contributed by atoms with E-state index >= 15 is 0 Å². The van der Waals surface area contributed by atoms with Crippen LogP contribution in [-0.2, 0) is 0 Å². The second kappa shape index (κ2) is 4.46. The van der Waals surface area contributed by atoms with E-state index in [1.54, 1.807) is 0 Å². The van der Waals surface area contributed by atoms with Crippen molar-refractivity contribution in [2.24, 2.45) is 5.92 Å². The summed E-state index contributed by atoms with van der Waals surface area (Å²) in [4.78, 5) is 9.63. The fraction of sp³-hybridized carbons (Fsp3) is 1.00. The lowest BCUT2D eigenvalue weighted by Crippen LogP contribution is -2.38. The molecule has 4 nitrogen and oxygen atoms in total. The lowest BCUT2D eigenvalue weighted by Gasteiger charge is -2.21. The first-order valence-electron chi connectivity index (χ1n) is 3.11. The maximum absolute atomic E-state index is 10.3. The molecule has 2 unspecified atom stereocenters. The Bertz CT molecular complexity index is 170. The minimum atomic E-state index is -1.72. The molecule has 0 bridgehead atoms. The van der Waals surface area contributed by atoms with Crippen molar-refractivity contribution in [1.82, 2.24) is 0 Å². The Morgan fingerprint density at radius 2 is 2.00 bits per heavy atom. The molecule has 0 aliphatic rings. The second-order valence-electron chi connectivity index (χ2n) is 2.37. The van der Waals surface area contributed by atoms with E-state index in [9.17, 15) is 10.1 Å². The van der Waals surface area contributed by atoms with E-state index in [1.165, 1.54) is 6.92 Å². The molecule has 0 aromatic rings. The van der Waals surface area contributed by atoms with Crippen molar-refractivity contribution >= 4 is 34.8 Å². The van der Waals surface area contributed by atoms with Crippen LogP contribution in [0.1, 0.15) is 6.92 Å². The summed E-state index contributed by atoms with van der Waals surface area (Å²) in [6, 6.07) is -1.24. The molecule has 0 saturated carbocycles. The van der Waals surface area contributed by atoms with Crippen molar-refractivity contribution in [2.45, 2.75) is 16.8 Å². The second-order valence-corrected chi connectivity index (χ2v) is 4.73. The van der Waals surface area contributed by atoms with Crippen LogP contribution in [0.3, 0.4) is 0 Å². The molecule has 0 amide bonds. The van der Waals surface area contributed by atoms with Crippen LogP contribution in [0.4, 0.5) is 0 Å². The van der Waals surface area contributed by atoms with Gasteiger partial charge in [-0.05, 0) is 0 Å². The summed E-state index contributed by atoms with van der Waals surface area (Å²) in [5.74, 6) is -0.831. The van der Waals surface area contributed by atoms with Crippen LogP contribution in [0.2, 0.25) is 0 Å². The van der Waals surface area contributed by atoms with Gasteiger partial charge in [0.15, 0.2) is 3.79 Å². The zero-order valence-corrected chi connectivity index (χ0v) is 8.47. The van der Waals surface area contributed by atoms with E-state index in [4.69, 9.17) is 39.9 Å². The summed E-state index contributed by atoms with van der Waals surface area (Å²) < 4.78 is -1.72. The zero-order chi connectivity index (χ0) is 9.94. The number of nitrogens with zero attached hydrogens (tertiary/aromatic N) is 1. The highest BCUT2D eigenvalue weighted by molar-refractivity contribution is 6.67. The van der Waals surface area contributed by atoms with Gasteiger partial charge in [0.2, 0.25) is 6.04 Å². The Labute approximate surface area is 84.6 Å². The van der Waals surface area contributed by atoms with Gasteiger partial charge >= 0.3 is 0 Å². The van der Waals surface area contributed by atoms with Gasteiger partial charge in [0.25, 0.3) is 0 Å². The molecule has 1 N–H and O–H groups in total. The summed E-state index contributed by atoms with van der Waals surface area (Å²) in [5, 5.41) is 18.9. The average Bonchev–Trinajstić information content (AvgIpc) is 1.86. The third kappa shape index (κ3) is 3.31. The van der Waals surface area contributed by atoms with Gasteiger partial charge in [0.1, 0.15) is 6.61 Å². The molecular weight excluding hydrogens is 228 g/mol. The Morgan fingerprint density at radius 3 is 2.08 bits per heavy atom. The Balaban J connectivity index is 4.42. The normalized spacial score (nSPS) is 17.1. The molecular formula is C5H8Cl3NO3. The highest BCUT2D eigenvalue weighted by Crippen LogP contribution is 2.37. The fourth-order valence-corrected chi connectivity index (χ4v) is 1.06. The first-order valence-corrected chi connectivity index (χ1v) is 4.25. The molecule has 0 fully saturated rings. The molecule has 12 heavy (non-hydrogen) atoms. The lowest BCUT2D eigenvalue weighted by atomic mass is 10.1. The van der Waals surface area contributed by atoms with Gasteiger partial charge in [-0.1, -0.05) is 41.7 Å². The Kier molecular flexibility index (Phi) is 4.55. The van der Waals surface area contributed by atoms with Gasteiger partial charge in [0.05, 0.1) is 5.92 Å². The van der Waals surface area contributed by atoms with Gasteiger partial charge in [-0.25, -0.2) is 0 Å². The van der Waals surface area contributed by atoms with Gasteiger partial charge < -0.3 is 5.11 Å². The molecule has 0 aliphatic carbocycles. The van der Waals surface area contributed by atoms with E-state index in [2.05, 4.69) is 0 Å². The minimum absolute atomic E-state index is 0.637.